The molecular weight excluding hydrogens is 506 g/mol. The van der Waals surface area contributed by atoms with Crippen LogP contribution in [0.4, 0.5) is 0 Å². The number of hydrogen-bond donors (Lipinski definition) is 2. The molecule has 2 aromatic rings. The van der Waals surface area contributed by atoms with Gasteiger partial charge in [-0.25, -0.2) is 4.79 Å². The first-order valence-corrected chi connectivity index (χ1v) is 13.8. The molecule has 192 valence electrons. The number of carbonyl (C=O) groups excluding carboxylic acids is 2. The number of dihydropyridines is 1. The van der Waals surface area contributed by atoms with Gasteiger partial charge in [-0.1, -0.05) is 91.2 Å². The van der Waals surface area contributed by atoms with Crippen molar-refractivity contribution in [1.82, 2.24) is 10.6 Å². The fourth-order valence-electron chi connectivity index (χ4n) is 4.77. The van der Waals surface area contributed by atoms with Gasteiger partial charge in [0.15, 0.2) is 0 Å². The molecule has 1 saturated carbocycles. The summed E-state index contributed by atoms with van der Waals surface area (Å²) in [5, 5.41) is 17.5. The monoisotopic (exact) mass is 535 g/mol. The Labute approximate surface area is 227 Å². The minimum Gasteiger partial charge on any atom is -0.457 e. The second-order valence-corrected chi connectivity index (χ2v) is 10.6. The van der Waals surface area contributed by atoms with Crippen LogP contribution < -0.4 is 10.6 Å². The number of esters is 1. The summed E-state index contributed by atoms with van der Waals surface area (Å²) in [5.74, 6) is -1.13. The largest absolute Gasteiger partial charge is 0.457 e. The molecule has 1 amide bonds. The number of nitriles is 1. The fourth-order valence-corrected chi connectivity index (χ4v) is 5.92. The van der Waals surface area contributed by atoms with Crippen molar-refractivity contribution in [3.63, 3.8) is 0 Å². The van der Waals surface area contributed by atoms with Gasteiger partial charge in [0.25, 0.3) is 0 Å². The molecule has 0 saturated heterocycles. The quantitative estimate of drug-likeness (QED) is 0.405. The van der Waals surface area contributed by atoms with Gasteiger partial charge in [0, 0.05) is 16.8 Å². The van der Waals surface area contributed by atoms with Crippen LogP contribution >= 0.6 is 23.4 Å². The third kappa shape index (κ3) is 6.76. The number of rotatable bonds is 8. The Morgan fingerprint density at radius 1 is 1.11 bits per heavy atom. The van der Waals surface area contributed by atoms with Crippen LogP contribution in [-0.2, 0) is 20.9 Å². The second-order valence-electron chi connectivity index (χ2n) is 9.23. The molecule has 37 heavy (non-hydrogen) atoms. The predicted octanol–water partition coefficient (Wildman–Crippen LogP) is 5.96. The second kappa shape index (κ2) is 12.8. The number of nitrogens with zero attached hydrogens (tertiary/aromatic N) is 1. The molecule has 0 aromatic heterocycles. The van der Waals surface area contributed by atoms with E-state index in [4.69, 9.17) is 16.3 Å². The summed E-state index contributed by atoms with van der Waals surface area (Å²) >= 11 is 7.82. The Balaban J connectivity index is 1.58. The number of hydrogen-bond acceptors (Lipinski definition) is 6. The van der Waals surface area contributed by atoms with E-state index < -0.39 is 11.9 Å². The Hall–Kier alpha value is -3.21. The lowest BCUT2D eigenvalue weighted by atomic mass is 9.82. The molecule has 0 radical (unpaired) electrons. The minimum absolute atomic E-state index is 0.0625. The number of allylic oxidation sites excluding steroid dienone is 2. The van der Waals surface area contributed by atoms with E-state index in [1.54, 1.807) is 19.1 Å². The van der Waals surface area contributed by atoms with Gasteiger partial charge in [0.1, 0.15) is 6.61 Å². The zero-order valence-corrected chi connectivity index (χ0v) is 22.3. The molecular formula is C29H30ClN3O3S. The summed E-state index contributed by atoms with van der Waals surface area (Å²) in [6, 6.07) is 19.1. The lowest BCUT2D eigenvalue weighted by Gasteiger charge is -2.30. The van der Waals surface area contributed by atoms with Crippen molar-refractivity contribution in [1.29, 1.82) is 5.26 Å². The summed E-state index contributed by atoms with van der Waals surface area (Å²) in [5.41, 5.74) is 2.73. The molecule has 2 N–H and O–H groups in total. The molecule has 1 aliphatic carbocycles. The molecule has 1 fully saturated rings. The van der Waals surface area contributed by atoms with E-state index in [9.17, 15) is 14.9 Å². The Bertz CT molecular complexity index is 1250. The molecule has 2 aliphatic rings. The molecule has 0 bridgehead atoms. The molecule has 1 aliphatic heterocycles. The van der Waals surface area contributed by atoms with Gasteiger partial charge >= 0.3 is 5.97 Å². The van der Waals surface area contributed by atoms with Crippen molar-refractivity contribution in [2.24, 2.45) is 0 Å². The van der Waals surface area contributed by atoms with Gasteiger partial charge in [-0.3, -0.25) is 4.79 Å². The maximum Gasteiger partial charge on any atom is 0.337 e. The smallest absolute Gasteiger partial charge is 0.337 e. The van der Waals surface area contributed by atoms with Gasteiger partial charge in [-0.05, 0) is 37.0 Å². The van der Waals surface area contributed by atoms with Gasteiger partial charge in [0.2, 0.25) is 5.91 Å². The van der Waals surface area contributed by atoms with Crippen molar-refractivity contribution in [2.45, 2.75) is 57.6 Å². The number of nitrogens with one attached hydrogen (secondary N) is 2. The first-order chi connectivity index (χ1) is 18.0. The van der Waals surface area contributed by atoms with Crippen molar-refractivity contribution >= 4 is 35.2 Å². The van der Waals surface area contributed by atoms with Crippen LogP contribution in [0.1, 0.15) is 56.1 Å². The summed E-state index contributed by atoms with van der Waals surface area (Å²) in [6.07, 6.45) is 5.50. The van der Waals surface area contributed by atoms with Crippen LogP contribution in [0.15, 0.2) is 76.5 Å². The first kappa shape index (κ1) is 26.8. The highest BCUT2D eigenvalue weighted by Crippen LogP contribution is 2.43. The Morgan fingerprint density at radius 2 is 1.81 bits per heavy atom. The zero-order chi connectivity index (χ0) is 26.2. The van der Waals surface area contributed by atoms with E-state index in [1.165, 1.54) is 18.2 Å². The van der Waals surface area contributed by atoms with Crippen molar-refractivity contribution < 1.29 is 14.3 Å². The maximum absolute atomic E-state index is 13.4. The molecule has 8 heteroatoms. The maximum atomic E-state index is 13.4. The third-order valence-electron chi connectivity index (χ3n) is 6.61. The van der Waals surface area contributed by atoms with Crippen LogP contribution in [0, 0.1) is 11.3 Å². The SMILES string of the molecule is CC1=C(C(=O)OCc2ccccc2)C(c2ccccc2Cl)C(C#N)=C(SCC(=O)NC2CCCCC2)N1. The van der Waals surface area contributed by atoms with E-state index in [1.807, 2.05) is 42.5 Å². The number of carbonyl (C=O) groups is 2. The summed E-state index contributed by atoms with van der Waals surface area (Å²) in [7, 11) is 0. The van der Waals surface area contributed by atoms with E-state index in [-0.39, 0.29) is 24.3 Å². The standard InChI is InChI=1S/C29H30ClN3O3S/c1-19-26(29(35)36-17-20-10-4-2-5-11-20)27(22-14-8-9-15-24(22)30)23(16-31)28(32-19)37-18-25(34)33-21-12-6-3-7-13-21/h2,4-5,8-11,14-15,21,27,32H,3,6-7,12-13,17-18H2,1H3,(H,33,34). The highest BCUT2D eigenvalue weighted by Gasteiger charge is 2.36. The molecule has 1 heterocycles. The average Bonchev–Trinajstić information content (AvgIpc) is 2.91. The Morgan fingerprint density at radius 3 is 2.51 bits per heavy atom. The summed E-state index contributed by atoms with van der Waals surface area (Å²) in [6.45, 7) is 1.89. The number of halogens is 1. The Kier molecular flexibility index (Phi) is 9.32. The van der Waals surface area contributed by atoms with Crippen molar-refractivity contribution in [3.05, 3.63) is 92.6 Å². The number of benzene rings is 2. The van der Waals surface area contributed by atoms with E-state index in [0.29, 0.717) is 32.5 Å². The number of ether oxygens (including phenoxy) is 1. The van der Waals surface area contributed by atoms with E-state index >= 15 is 0 Å². The summed E-state index contributed by atoms with van der Waals surface area (Å²) in [4.78, 5) is 26.0. The lowest BCUT2D eigenvalue weighted by molar-refractivity contribution is -0.140. The van der Waals surface area contributed by atoms with Gasteiger partial charge in [0.05, 0.1) is 33.9 Å². The average molecular weight is 536 g/mol. The molecule has 1 atom stereocenters. The van der Waals surface area contributed by atoms with Crippen LogP contribution in [-0.4, -0.2) is 23.7 Å². The molecule has 1 unspecified atom stereocenters. The first-order valence-electron chi connectivity index (χ1n) is 12.5. The molecule has 6 nitrogen and oxygen atoms in total. The van der Waals surface area contributed by atoms with Gasteiger partial charge in [-0.15, -0.1) is 0 Å². The lowest BCUT2D eigenvalue weighted by Crippen LogP contribution is -2.37. The minimum atomic E-state index is -0.716. The van der Waals surface area contributed by atoms with Gasteiger partial charge < -0.3 is 15.4 Å². The van der Waals surface area contributed by atoms with Crippen molar-refractivity contribution in [2.75, 3.05) is 5.75 Å². The van der Waals surface area contributed by atoms with Gasteiger partial charge in [-0.2, -0.15) is 5.26 Å². The van der Waals surface area contributed by atoms with E-state index in [0.717, 1.165) is 31.2 Å². The van der Waals surface area contributed by atoms with E-state index in [2.05, 4.69) is 16.7 Å². The summed E-state index contributed by atoms with van der Waals surface area (Å²) < 4.78 is 5.66. The zero-order valence-electron chi connectivity index (χ0n) is 20.8. The third-order valence-corrected chi connectivity index (χ3v) is 7.98. The highest BCUT2D eigenvalue weighted by molar-refractivity contribution is 8.03. The topological polar surface area (TPSA) is 91.2 Å². The highest BCUT2D eigenvalue weighted by atomic mass is 35.5. The molecule has 2 aromatic carbocycles. The van der Waals surface area contributed by atoms with Crippen molar-refractivity contribution in [3.8, 4) is 6.07 Å². The normalized spacial score (nSPS) is 18.1. The number of thioether (sulfide) groups is 1. The fraction of sp³-hybridized carbons (Fsp3) is 0.345. The predicted molar refractivity (Wildman–Crippen MR) is 146 cm³/mol. The molecule has 0 spiro atoms. The van der Waals surface area contributed by atoms with Crippen LogP contribution in [0.3, 0.4) is 0 Å². The molecule has 4 rings (SSSR count). The van der Waals surface area contributed by atoms with Crippen LogP contribution in [0.5, 0.6) is 0 Å². The van der Waals surface area contributed by atoms with Crippen LogP contribution in [0.25, 0.3) is 0 Å². The number of amides is 1. The van der Waals surface area contributed by atoms with Crippen LogP contribution in [0.2, 0.25) is 5.02 Å².